The van der Waals surface area contributed by atoms with Crippen molar-refractivity contribution in [2.75, 3.05) is 20.7 Å². The number of hydrogen-bond acceptors (Lipinski definition) is 3. The average Bonchev–Trinajstić information content (AvgIpc) is 2.62. The fraction of sp³-hybridized carbons (Fsp3) is 0.579. The van der Waals surface area contributed by atoms with E-state index in [1.54, 1.807) is 14.2 Å². The van der Waals surface area contributed by atoms with Crippen molar-refractivity contribution in [3.8, 4) is 0 Å². The number of hydrogen-bond donors (Lipinski definition) is 3. The van der Waals surface area contributed by atoms with E-state index in [-0.39, 0.29) is 17.6 Å². The second-order valence-corrected chi connectivity index (χ2v) is 6.72. The molecule has 1 aromatic rings. The zero-order valence-corrected chi connectivity index (χ0v) is 16.3. The third-order valence-electron chi connectivity index (χ3n) is 4.12. The van der Waals surface area contributed by atoms with Gasteiger partial charge in [-0.3, -0.25) is 9.79 Å². The van der Waals surface area contributed by atoms with Crippen LogP contribution in [-0.4, -0.2) is 44.2 Å². The molecule has 0 bridgehead atoms. The smallest absolute Gasteiger partial charge is 0.251 e. The molecular formula is C19H32N4O2. The van der Waals surface area contributed by atoms with E-state index < -0.39 is 0 Å². The van der Waals surface area contributed by atoms with Crippen molar-refractivity contribution in [3.63, 3.8) is 0 Å². The molecule has 1 aromatic carbocycles. The van der Waals surface area contributed by atoms with Gasteiger partial charge in [0.2, 0.25) is 0 Å². The number of amides is 1. The first-order chi connectivity index (χ1) is 11.8. The lowest BCUT2D eigenvalue weighted by Gasteiger charge is -2.24. The van der Waals surface area contributed by atoms with Gasteiger partial charge in [0.25, 0.3) is 5.91 Å². The Morgan fingerprint density at radius 1 is 1.24 bits per heavy atom. The Morgan fingerprint density at radius 3 is 2.40 bits per heavy atom. The van der Waals surface area contributed by atoms with Crippen LogP contribution in [0.2, 0.25) is 0 Å². The van der Waals surface area contributed by atoms with Crippen LogP contribution in [0.5, 0.6) is 0 Å². The highest BCUT2D eigenvalue weighted by Gasteiger charge is 2.16. The van der Waals surface area contributed by atoms with E-state index in [2.05, 4.69) is 20.9 Å². The summed E-state index contributed by atoms with van der Waals surface area (Å²) in [5.41, 5.74) is 1.49. The van der Waals surface area contributed by atoms with Crippen LogP contribution in [0.1, 0.15) is 50.0 Å². The van der Waals surface area contributed by atoms with E-state index in [0.29, 0.717) is 24.6 Å². The van der Waals surface area contributed by atoms with Crippen LogP contribution in [0.3, 0.4) is 0 Å². The molecule has 6 heteroatoms. The van der Waals surface area contributed by atoms with Crippen LogP contribution in [-0.2, 0) is 11.3 Å². The molecule has 0 fully saturated rings. The van der Waals surface area contributed by atoms with Crippen molar-refractivity contribution < 1.29 is 9.53 Å². The van der Waals surface area contributed by atoms with Gasteiger partial charge in [-0.05, 0) is 44.9 Å². The molecule has 0 spiro atoms. The molecule has 0 aromatic heterocycles. The van der Waals surface area contributed by atoms with Crippen LogP contribution < -0.4 is 16.0 Å². The van der Waals surface area contributed by atoms with Crippen molar-refractivity contribution >= 4 is 11.9 Å². The summed E-state index contributed by atoms with van der Waals surface area (Å²) in [7, 11) is 3.42. The highest BCUT2D eigenvalue weighted by Crippen LogP contribution is 2.06. The SMILES string of the molecule is CCC(C)NC(=O)c1ccc(CNC(=NC)NCC(C)(C)OC)cc1. The summed E-state index contributed by atoms with van der Waals surface area (Å²) in [5.74, 6) is 0.678. The molecule has 1 rings (SSSR count). The standard InChI is InChI=1S/C19H32N4O2/c1-7-14(2)23-17(24)16-10-8-15(9-11-16)12-21-18(20-5)22-13-19(3,4)25-6/h8-11,14H,7,12-13H2,1-6H3,(H,23,24)(H2,20,21,22). The maximum absolute atomic E-state index is 12.1. The molecule has 140 valence electrons. The number of guanidine groups is 1. The summed E-state index contributed by atoms with van der Waals surface area (Å²) in [6, 6.07) is 7.77. The van der Waals surface area contributed by atoms with Crippen molar-refractivity contribution in [1.29, 1.82) is 0 Å². The number of carbonyl (C=O) groups is 1. The van der Waals surface area contributed by atoms with Gasteiger partial charge in [-0.2, -0.15) is 0 Å². The molecule has 0 heterocycles. The highest BCUT2D eigenvalue weighted by atomic mass is 16.5. The Bertz CT molecular complexity index is 567. The Kier molecular flexibility index (Phi) is 8.41. The number of methoxy groups -OCH3 is 1. The molecule has 0 aliphatic carbocycles. The molecule has 0 saturated carbocycles. The molecular weight excluding hydrogens is 316 g/mol. The quantitative estimate of drug-likeness (QED) is 0.498. The van der Waals surface area contributed by atoms with Crippen molar-refractivity contribution in [3.05, 3.63) is 35.4 Å². The largest absolute Gasteiger partial charge is 0.377 e. The number of nitrogens with zero attached hydrogens (tertiary/aromatic N) is 1. The predicted octanol–water partition coefficient (Wildman–Crippen LogP) is 2.30. The second-order valence-electron chi connectivity index (χ2n) is 6.72. The Hall–Kier alpha value is -2.08. The Labute approximate surface area is 151 Å². The number of carbonyl (C=O) groups excluding carboxylic acids is 1. The minimum Gasteiger partial charge on any atom is -0.377 e. The molecule has 1 atom stereocenters. The number of ether oxygens (including phenoxy) is 1. The fourth-order valence-electron chi connectivity index (χ4n) is 1.96. The monoisotopic (exact) mass is 348 g/mol. The van der Waals surface area contributed by atoms with Gasteiger partial charge < -0.3 is 20.7 Å². The summed E-state index contributed by atoms with van der Waals surface area (Å²) >= 11 is 0. The summed E-state index contributed by atoms with van der Waals surface area (Å²) in [6.45, 7) is 9.35. The third kappa shape index (κ3) is 7.56. The van der Waals surface area contributed by atoms with E-state index in [9.17, 15) is 4.79 Å². The van der Waals surface area contributed by atoms with Gasteiger partial charge in [0.1, 0.15) is 0 Å². The topological polar surface area (TPSA) is 74.8 Å². The number of aliphatic imine (C=N–C) groups is 1. The van der Waals surface area contributed by atoms with Gasteiger partial charge in [-0.1, -0.05) is 19.1 Å². The van der Waals surface area contributed by atoms with E-state index in [0.717, 1.165) is 12.0 Å². The minimum absolute atomic E-state index is 0.0341. The van der Waals surface area contributed by atoms with Gasteiger partial charge >= 0.3 is 0 Å². The molecule has 0 aliphatic rings. The molecule has 0 aliphatic heterocycles. The number of nitrogens with one attached hydrogen (secondary N) is 3. The van der Waals surface area contributed by atoms with Crippen LogP contribution in [0.4, 0.5) is 0 Å². The lowest BCUT2D eigenvalue weighted by Crippen LogP contribution is -2.45. The van der Waals surface area contributed by atoms with Crippen LogP contribution in [0.15, 0.2) is 29.3 Å². The second kappa shape index (κ2) is 10.0. The molecule has 0 saturated heterocycles. The number of benzene rings is 1. The van der Waals surface area contributed by atoms with Gasteiger partial charge in [-0.15, -0.1) is 0 Å². The van der Waals surface area contributed by atoms with Crippen LogP contribution in [0.25, 0.3) is 0 Å². The number of rotatable bonds is 8. The summed E-state index contributed by atoms with van der Waals surface area (Å²) in [5, 5.41) is 9.46. The molecule has 25 heavy (non-hydrogen) atoms. The first kappa shape index (κ1) is 21.0. The molecule has 3 N–H and O–H groups in total. The summed E-state index contributed by atoms with van der Waals surface area (Å²) in [4.78, 5) is 16.3. The zero-order chi connectivity index (χ0) is 18.9. The Morgan fingerprint density at radius 2 is 1.88 bits per heavy atom. The van der Waals surface area contributed by atoms with Gasteiger partial charge in [0.05, 0.1) is 5.60 Å². The van der Waals surface area contributed by atoms with Crippen molar-refractivity contribution in [2.24, 2.45) is 4.99 Å². The van der Waals surface area contributed by atoms with E-state index in [4.69, 9.17) is 4.74 Å². The lowest BCUT2D eigenvalue weighted by molar-refractivity contribution is 0.0268. The normalized spacial score (nSPS) is 13.3. The first-order valence-corrected chi connectivity index (χ1v) is 8.70. The molecule has 1 amide bonds. The van der Waals surface area contributed by atoms with E-state index in [1.165, 1.54) is 0 Å². The van der Waals surface area contributed by atoms with Crippen LogP contribution in [0, 0.1) is 0 Å². The zero-order valence-electron chi connectivity index (χ0n) is 16.3. The maximum Gasteiger partial charge on any atom is 0.251 e. The lowest BCUT2D eigenvalue weighted by atomic mass is 10.1. The molecule has 1 unspecified atom stereocenters. The minimum atomic E-state index is -0.262. The first-order valence-electron chi connectivity index (χ1n) is 8.70. The summed E-state index contributed by atoms with van der Waals surface area (Å²) < 4.78 is 5.38. The summed E-state index contributed by atoms with van der Waals surface area (Å²) in [6.07, 6.45) is 0.916. The predicted molar refractivity (Wildman–Crippen MR) is 103 cm³/mol. The van der Waals surface area contributed by atoms with E-state index in [1.807, 2.05) is 52.0 Å². The van der Waals surface area contributed by atoms with Gasteiger partial charge in [-0.25, -0.2) is 0 Å². The Balaban J connectivity index is 2.53. The maximum atomic E-state index is 12.1. The fourth-order valence-corrected chi connectivity index (χ4v) is 1.96. The van der Waals surface area contributed by atoms with Crippen molar-refractivity contribution in [1.82, 2.24) is 16.0 Å². The van der Waals surface area contributed by atoms with Crippen LogP contribution >= 0.6 is 0 Å². The highest BCUT2D eigenvalue weighted by molar-refractivity contribution is 5.94. The van der Waals surface area contributed by atoms with Crippen molar-refractivity contribution in [2.45, 2.75) is 52.3 Å². The third-order valence-corrected chi connectivity index (χ3v) is 4.12. The average molecular weight is 348 g/mol. The molecule has 0 radical (unpaired) electrons. The van der Waals surface area contributed by atoms with Gasteiger partial charge in [0, 0.05) is 38.9 Å². The molecule has 6 nitrogen and oxygen atoms in total. The van der Waals surface area contributed by atoms with Gasteiger partial charge in [0.15, 0.2) is 5.96 Å². The van der Waals surface area contributed by atoms with E-state index >= 15 is 0 Å².